The third-order valence-electron chi connectivity index (χ3n) is 3.88. The van der Waals surface area contributed by atoms with Crippen molar-refractivity contribution >= 4 is 27.5 Å². The monoisotopic (exact) mass is 354 g/mol. The summed E-state index contributed by atoms with van der Waals surface area (Å²) < 4.78 is 11.9. The molecule has 2 heterocycles. The van der Waals surface area contributed by atoms with Gasteiger partial charge in [0.05, 0.1) is 5.69 Å². The lowest BCUT2D eigenvalue weighted by Crippen LogP contribution is -2.40. The highest BCUT2D eigenvalue weighted by Gasteiger charge is 2.25. The second kappa shape index (κ2) is 6.23. The number of hydrogen-bond donors (Lipinski definition) is 2. The molecule has 0 spiro atoms. The summed E-state index contributed by atoms with van der Waals surface area (Å²) in [6, 6.07) is 4.05. The molecule has 0 bridgehead atoms. The van der Waals surface area contributed by atoms with E-state index in [2.05, 4.69) is 33.5 Å². The van der Waals surface area contributed by atoms with Crippen molar-refractivity contribution in [2.24, 2.45) is 5.92 Å². The Morgan fingerprint density at radius 1 is 1.33 bits per heavy atom. The predicted molar refractivity (Wildman–Crippen MR) is 84.0 cm³/mol. The van der Waals surface area contributed by atoms with E-state index in [4.69, 9.17) is 9.47 Å². The van der Waals surface area contributed by atoms with Crippen molar-refractivity contribution in [3.8, 4) is 11.5 Å². The molecule has 1 aromatic carbocycles. The van der Waals surface area contributed by atoms with E-state index in [1.54, 1.807) is 0 Å². The van der Waals surface area contributed by atoms with Crippen LogP contribution in [0.5, 0.6) is 11.5 Å². The molecule has 5 nitrogen and oxygen atoms in total. The summed E-state index contributed by atoms with van der Waals surface area (Å²) in [5.74, 6) is 1.52. The minimum Gasteiger partial charge on any atom is -0.486 e. The summed E-state index contributed by atoms with van der Waals surface area (Å²) in [6.45, 7) is 4.09. The van der Waals surface area contributed by atoms with E-state index < -0.39 is 0 Å². The van der Waals surface area contributed by atoms with Crippen LogP contribution in [0.1, 0.15) is 19.8 Å². The third kappa shape index (κ3) is 3.32. The van der Waals surface area contributed by atoms with Crippen molar-refractivity contribution in [1.29, 1.82) is 0 Å². The maximum absolute atomic E-state index is 12.4. The highest BCUT2D eigenvalue weighted by Crippen LogP contribution is 2.38. The van der Waals surface area contributed by atoms with Gasteiger partial charge < -0.3 is 20.1 Å². The smallest absolute Gasteiger partial charge is 0.227 e. The number of anilines is 1. The Hall–Kier alpha value is -1.27. The van der Waals surface area contributed by atoms with Gasteiger partial charge >= 0.3 is 0 Å². The molecule has 0 saturated carbocycles. The summed E-state index contributed by atoms with van der Waals surface area (Å²) in [5, 5.41) is 6.36. The fourth-order valence-corrected chi connectivity index (χ4v) is 3.19. The van der Waals surface area contributed by atoms with Crippen LogP contribution in [0.3, 0.4) is 0 Å². The first-order chi connectivity index (χ1) is 10.1. The molecule has 0 aromatic heterocycles. The second-order valence-corrected chi connectivity index (χ2v) is 6.40. The molecule has 2 aliphatic heterocycles. The average molecular weight is 355 g/mol. The number of halogens is 1. The summed E-state index contributed by atoms with van der Waals surface area (Å²) in [5.41, 5.74) is 0.732. The first-order valence-corrected chi connectivity index (χ1v) is 8.06. The van der Waals surface area contributed by atoms with Crippen LogP contribution in [0.2, 0.25) is 0 Å². The van der Waals surface area contributed by atoms with E-state index in [0.717, 1.165) is 29.5 Å². The molecule has 114 valence electrons. The van der Waals surface area contributed by atoms with Crippen LogP contribution in [0, 0.1) is 5.92 Å². The average Bonchev–Trinajstić information content (AvgIpc) is 2.48. The molecule has 1 amide bonds. The van der Waals surface area contributed by atoms with Gasteiger partial charge in [0.1, 0.15) is 13.2 Å². The SMILES string of the molecule is CC1CC(C(=O)Nc2cc3c(cc2Br)OCCO3)CCN1. The molecule has 2 N–H and O–H groups in total. The van der Waals surface area contributed by atoms with Crippen LogP contribution < -0.4 is 20.1 Å². The Bertz CT molecular complexity index is 550. The van der Waals surface area contributed by atoms with Gasteiger partial charge in [0, 0.05) is 28.6 Å². The zero-order valence-corrected chi connectivity index (χ0v) is 13.5. The molecule has 3 rings (SSSR count). The summed E-state index contributed by atoms with van der Waals surface area (Å²) in [7, 11) is 0. The normalized spacial score (nSPS) is 24.5. The van der Waals surface area contributed by atoms with E-state index in [1.807, 2.05) is 12.1 Å². The maximum atomic E-state index is 12.4. The van der Waals surface area contributed by atoms with Gasteiger partial charge in [-0.15, -0.1) is 0 Å². The Morgan fingerprint density at radius 2 is 2.05 bits per heavy atom. The number of piperidine rings is 1. The molecule has 2 unspecified atom stereocenters. The molecule has 0 aliphatic carbocycles. The van der Waals surface area contributed by atoms with E-state index in [1.165, 1.54) is 0 Å². The Morgan fingerprint density at radius 3 is 2.76 bits per heavy atom. The van der Waals surface area contributed by atoms with Crippen LogP contribution >= 0.6 is 15.9 Å². The van der Waals surface area contributed by atoms with Crippen LogP contribution in [0.15, 0.2) is 16.6 Å². The van der Waals surface area contributed by atoms with Gasteiger partial charge in [-0.2, -0.15) is 0 Å². The van der Waals surface area contributed by atoms with Gasteiger partial charge in [0.2, 0.25) is 5.91 Å². The highest BCUT2D eigenvalue weighted by atomic mass is 79.9. The molecule has 6 heteroatoms. The van der Waals surface area contributed by atoms with Gasteiger partial charge in [0.25, 0.3) is 0 Å². The van der Waals surface area contributed by atoms with Crippen molar-refractivity contribution in [1.82, 2.24) is 5.32 Å². The second-order valence-electron chi connectivity index (χ2n) is 5.54. The number of rotatable bonds is 2. The number of benzene rings is 1. The summed E-state index contributed by atoms with van der Waals surface area (Å²) in [6.07, 6.45) is 1.74. The lowest BCUT2D eigenvalue weighted by atomic mass is 9.92. The predicted octanol–water partition coefficient (Wildman–Crippen LogP) is 2.55. The van der Waals surface area contributed by atoms with Crippen LogP contribution in [-0.4, -0.2) is 31.7 Å². The van der Waals surface area contributed by atoms with Gasteiger partial charge in [-0.3, -0.25) is 4.79 Å². The van der Waals surface area contributed by atoms with Crippen molar-refractivity contribution in [2.75, 3.05) is 25.1 Å². The lowest BCUT2D eigenvalue weighted by molar-refractivity contribution is -0.120. The molecule has 1 aromatic rings. The first-order valence-electron chi connectivity index (χ1n) is 7.27. The number of nitrogens with one attached hydrogen (secondary N) is 2. The Kier molecular flexibility index (Phi) is 4.35. The van der Waals surface area contributed by atoms with Gasteiger partial charge in [-0.25, -0.2) is 0 Å². The third-order valence-corrected chi connectivity index (χ3v) is 4.54. The zero-order valence-electron chi connectivity index (χ0n) is 11.9. The van der Waals surface area contributed by atoms with Crippen molar-refractivity contribution in [3.05, 3.63) is 16.6 Å². The van der Waals surface area contributed by atoms with E-state index in [0.29, 0.717) is 30.8 Å². The van der Waals surface area contributed by atoms with E-state index in [-0.39, 0.29) is 11.8 Å². The number of ether oxygens (including phenoxy) is 2. The van der Waals surface area contributed by atoms with Crippen molar-refractivity contribution in [3.63, 3.8) is 0 Å². The quantitative estimate of drug-likeness (QED) is 0.856. The lowest BCUT2D eigenvalue weighted by Gasteiger charge is -2.27. The largest absolute Gasteiger partial charge is 0.486 e. The number of hydrogen-bond acceptors (Lipinski definition) is 4. The minimum atomic E-state index is 0.0568. The van der Waals surface area contributed by atoms with Gasteiger partial charge in [-0.05, 0) is 42.2 Å². The number of fused-ring (bicyclic) bond motifs is 1. The highest BCUT2D eigenvalue weighted by molar-refractivity contribution is 9.10. The number of carbonyl (C=O) groups excluding carboxylic acids is 1. The summed E-state index contributed by atoms with van der Waals surface area (Å²) >= 11 is 3.48. The Labute approximate surface area is 132 Å². The van der Waals surface area contributed by atoms with Crippen LogP contribution in [0.4, 0.5) is 5.69 Å². The molecular formula is C15H19BrN2O3. The standard InChI is InChI=1S/C15H19BrN2O3/c1-9-6-10(2-3-17-9)15(19)18-12-8-14-13(7-11(12)16)20-4-5-21-14/h7-10,17H,2-6H2,1H3,(H,18,19). The van der Waals surface area contributed by atoms with Crippen LogP contribution in [-0.2, 0) is 4.79 Å². The van der Waals surface area contributed by atoms with Gasteiger partial charge in [-0.1, -0.05) is 0 Å². The number of amides is 1. The molecule has 1 fully saturated rings. The fourth-order valence-electron chi connectivity index (χ4n) is 2.76. The zero-order chi connectivity index (χ0) is 14.8. The van der Waals surface area contributed by atoms with E-state index >= 15 is 0 Å². The molecular weight excluding hydrogens is 336 g/mol. The topological polar surface area (TPSA) is 59.6 Å². The number of carbonyl (C=O) groups is 1. The van der Waals surface area contributed by atoms with Crippen molar-refractivity contribution < 1.29 is 14.3 Å². The van der Waals surface area contributed by atoms with E-state index in [9.17, 15) is 4.79 Å². The molecule has 1 saturated heterocycles. The Balaban J connectivity index is 1.73. The first kappa shape index (κ1) is 14.7. The molecule has 2 aliphatic rings. The minimum absolute atomic E-state index is 0.0568. The summed E-state index contributed by atoms with van der Waals surface area (Å²) in [4.78, 5) is 12.4. The maximum Gasteiger partial charge on any atom is 0.227 e. The fraction of sp³-hybridized carbons (Fsp3) is 0.533. The van der Waals surface area contributed by atoms with Crippen LogP contribution in [0.25, 0.3) is 0 Å². The molecule has 21 heavy (non-hydrogen) atoms. The van der Waals surface area contributed by atoms with Crippen molar-refractivity contribution in [2.45, 2.75) is 25.8 Å². The van der Waals surface area contributed by atoms with Gasteiger partial charge in [0.15, 0.2) is 11.5 Å². The molecule has 2 atom stereocenters. The molecule has 0 radical (unpaired) electrons.